The first-order valence-corrected chi connectivity index (χ1v) is 5.66. The van der Waals surface area contributed by atoms with Crippen LogP contribution in [0, 0.1) is 6.92 Å². The molecule has 0 saturated heterocycles. The molecular weight excluding hydrogens is 244 g/mol. The van der Waals surface area contributed by atoms with Crippen molar-refractivity contribution in [3.63, 3.8) is 0 Å². The van der Waals surface area contributed by atoms with E-state index < -0.39 is 0 Å². The molecule has 2 aromatic heterocycles. The maximum Gasteiger partial charge on any atom is 0.278 e. The standard InChI is InChI=1S/C12H12N6O/c1-5-4-6(13)2-3-7(5)9-15-8-10(16-9)17-12(14)18-11(8)19/h2-4H,13H2,1H3,(H4,14,15,16,17,18,19). The summed E-state index contributed by atoms with van der Waals surface area (Å²) in [6.45, 7) is 1.92. The minimum Gasteiger partial charge on any atom is -0.399 e. The predicted octanol–water partition coefficient (Wildman–Crippen LogP) is 0.786. The molecule has 7 heteroatoms. The molecule has 0 saturated carbocycles. The Hall–Kier alpha value is -2.83. The van der Waals surface area contributed by atoms with Gasteiger partial charge in [0.1, 0.15) is 5.82 Å². The third-order valence-corrected chi connectivity index (χ3v) is 2.89. The third-order valence-electron chi connectivity index (χ3n) is 2.89. The average molecular weight is 256 g/mol. The van der Waals surface area contributed by atoms with E-state index in [-0.39, 0.29) is 11.5 Å². The van der Waals surface area contributed by atoms with Crippen LogP contribution < -0.4 is 17.0 Å². The maximum atomic E-state index is 11.7. The monoisotopic (exact) mass is 256 g/mol. The number of aromatic amines is 2. The third kappa shape index (κ3) is 1.81. The van der Waals surface area contributed by atoms with Crippen molar-refractivity contribution in [3.8, 4) is 11.4 Å². The zero-order chi connectivity index (χ0) is 13.6. The molecule has 0 aliphatic heterocycles. The molecule has 7 nitrogen and oxygen atoms in total. The Morgan fingerprint density at radius 2 is 1.95 bits per heavy atom. The lowest BCUT2D eigenvalue weighted by Gasteiger charge is -2.02. The van der Waals surface area contributed by atoms with Crippen molar-refractivity contribution in [2.45, 2.75) is 6.92 Å². The van der Waals surface area contributed by atoms with E-state index in [1.807, 2.05) is 19.1 Å². The number of aromatic nitrogens is 4. The molecule has 19 heavy (non-hydrogen) atoms. The number of rotatable bonds is 1. The molecule has 0 unspecified atom stereocenters. The highest BCUT2D eigenvalue weighted by Gasteiger charge is 2.11. The van der Waals surface area contributed by atoms with Crippen LogP contribution in [-0.2, 0) is 0 Å². The zero-order valence-electron chi connectivity index (χ0n) is 10.2. The second-order valence-electron chi connectivity index (χ2n) is 4.31. The second kappa shape index (κ2) is 3.84. The van der Waals surface area contributed by atoms with Gasteiger partial charge in [-0.3, -0.25) is 9.78 Å². The largest absolute Gasteiger partial charge is 0.399 e. The highest BCUT2D eigenvalue weighted by atomic mass is 16.1. The fourth-order valence-corrected chi connectivity index (χ4v) is 2.00. The van der Waals surface area contributed by atoms with Crippen LogP contribution in [0.15, 0.2) is 23.0 Å². The molecule has 3 aromatic rings. The summed E-state index contributed by atoms with van der Waals surface area (Å²) >= 11 is 0. The van der Waals surface area contributed by atoms with Crippen molar-refractivity contribution in [1.29, 1.82) is 0 Å². The molecule has 1 aromatic carbocycles. The number of nitrogens with zero attached hydrogens (tertiary/aromatic N) is 2. The number of aryl methyl sites for hydroxylation is 1. The molecule has 0 radical (unpaired) electrons. The quantitative estimate of drug-likeness (QED) is 0.479. The lowest BCUT2D eigenvalue weighted by molar-refractivity contribution is 1.17. The van der Waals surface area contributed by atoms with Gasteiger partial charge in [-0.25, -0.2) is 4.98 Å². The Morgan fingerprint density at radius 1 is 1.16 bits per heavy atom. The molecule has 0 atom stereocenters. The first kappa shape index (κ1) is 11.3. The SMILES string of the molecule is Cc1cc(N)ccc1-c1nc2nc(N)[nH]c(=O)c2[nH]1. The second-order valence-corrected chi connectivity index (χ2v) is 4.31. The molecule has 0 aliphatic rings. The van der Waals surface area contributed by atoms with E-state index in [2.05, 4.69) is 19.9 Å². The van der Waals surface area contributed by atoms with Gasteiger partial charge in [0.2, 0.25) is 5.95 Å². The molecule has 0 spiro atoms. The van der Waals surface area contributed by atoms with Crippen molar-refractivity contribution in [1.82, 2.24) is 19.9 Å². The summed E-state index contributed by atoms with van der Waals surface area (Å²) in [5, 5.41) is 0. The molecule has 96 valence electrons. The van der Waals surface area contributed by atoms with Crippen LogP contribution in [-0.4, -0.2) is 19.9 Å². The minimum absolute atomic E-state index is 0.0459. The number of H-pyrrole nitrogens is 2. The minimum atomic E-state index is -0.339. The first-order chi connectivity index (χ1) is 9.04. The van der Waals surface area contributed by atoms with Crippen LogP contribution >= 0.6 is 0 Å². The van der Waals surface area contributed by atoms with Crippen molar-refractivity contribution >= 4 is 22.8 Å². The summed E-state index contributed by atoms with van der Waals surface area (Å²) in [5.74, 6) is 0.612. The van der Waals surface area contributed by atoms with Crippen molar-refractivity contribution in [2.75, 3.05) is 11.5 Å². The van der Waals surface area contributed by atoms with Gasteiger partial charge in [0.15, 0.2) is 11.2 Å². The topological polar surface area (TPSA) is 126 Å². The fraction of sp³-hybridized carbons (Fsp3) is 0.0833. The van der Waals surface area contributed by atoms with E-state index in [1.54, 1.807) is 6.07 Å². The summed E-state index contributed by atoms with van der Waals surface area (Å²) in [4.78, 5) is 25.4. The van der Waals surface area contributed by atoms with Gasteiger partial charge in [-0.1, -0.05) is 0 Å². The number of nitrogens with two attached hydrogens (primary N) is 2. The van der Waals surface area contributed by atoms with E-state index in [0.29, 0.717) is 22.7 Å². The lowest BCUT2D eigenvalue weighted by Crippen LogP contribution is -2.10. The summed E-state index contributed by atoms with van der Waals surface area (Å²) in [5.41, 5.74) is 14.0. The van der Waals surface area contributed by atoms with Crippen LogP contribution in [0.3, 0.4) is 0 Å². The van der Waals surface area contributed by atoms with Gasteiger partial charge < -0.3 is 16.5 Å². The summed E-state index contributed by atoms with van der Waals surface area (Å²) < 4.78 is 0. The maximum absolute atomic E-state index is 11.7. The van der Waals surface area contributed by atoms with Gasteiger partial charge in [-0.2, -0.15) is 4.98 Å². The Bertz CT molecular complexity index is 832. The van der Waals surface area contributed by atoms with Crippen molar-refractivity contribution < 1.29 is 0 Å². The van der Waals surface area contributed by atoms with E-state index in [0.717, 1.165) is 11.1 Å². The summed E-state index contributed by atoms with van der Waals surface area (Å²) in [6.07, 6.45) is 0. The predicted molar refractivity (Wildman–Crippen MR) is 73.5 cm³/mol. The number of fused-ring (bicyclic) bond motifs is 1. The number of nitrogen functional groups attached to an aromatic ring is 2. The van der Waals surface area contributed by atoms with Gasteiger partial charge in [0.25, 0.3) is 5.56 Å². The molecule has 0 fully saturated rings. The molecule has 0 amide bonds. The van der Waals surface area contributed by atoms with Crippen LogP contribution in [0.1, 0.15) is 5.56 Å². The van der Waals surface area contributed by atoms with Crippen LogP contribution in [0.25, 0.3) is 22.6 Å². The number of benzene rings is 1. The molecule has 3 rings (SSSR count). The highest BCUT2D eigenvalue weighted by molar-refractivity contribution is 5.77. The molecule has 2 heterocycles. The Balaban J connectivity index is 2.26. The average Bonchev–Trinajstić information content (AvgIpc) is 2.72. The van der Waals surface area contributed by atoms with Crippen LogP contribution in [0.4, 0.5) is 11.6 Å². The van der Waals surface area contributed by atoms with Crippen molar-refractivity contribution in [2.24, 2.45) is 0 Å². The van der Waals surface area contributed by atoms with E-state index >= 15 is 0 Å². The molecule has 0 aliphatic carbocycles. The number of hydrogen-bond donors (Lipinski definition) is 4. The zero-order valence-corrected chi connectivity index (χ0v) is 10.2. The first-order valence-electron chi connectivity index (χ1n) is 5.66. The van der Waals surface area contributed by atoms with E-state index in [1.165, 1.54) is 0 Å². The Labute approximate surface area is 107 Å². The van der Waals surface area contributed by atoms with Crippen molar-refractivity contribution in [3.05, 3.63) is 34.1 Å². The van der Waals surface area contributed by atoms with Gasteiger partial charge in [-0.05, 0) is 30.7 Å². The lowest BCUT2D eigenvalue weighted by atomic mass is 10.1. The molecular formula is C12H12N6O. The summed E-state index contributed by atoms with van der Waals surface area (Å²) in [6, 6.07) is 5.47. The molecule has 0 bridgehead atoms. The van der Waals surface area contributed by atoms with Crippen LogP contribution in [0.5, 0.6) is 0 Å². The van der Waals surface area contributed by atoms with Gasteiger partial charge >= 0.3 is 0 Å². The van der Waals surface area contributed by atoms with Gasteiger partial charge in [0.05, 0.1) is 0 Å². The van der Waals surface area contributed by atoms with E-state index in [4.69, 9.17) is 11.5 Å². The highest BCUT2D eigenvalue weighted by Crippen LogP contribution is 2.23. The number of hydrogen-bond acceptors (Lipinski definition) is 5. The Kier molecular flexibility index (Phi) is 2.28. The number of imidazole rings is 1. The number of nitrogens with one attached hydrogen (secondary N) is 2. The van der Waals surface area contributed by atoms with Gasteiger partial charge in [0, 0.05) is 11.3 Å². The summed E-state index contributed by atoms with van der Waals surface area (Å²) in [7, 11) is 0. The normalized spacial score (nSPS) is 11.0. The van der Waals surface area contributed by atoms with Gasteiger partial charge in [-0.15, -0.1) is 0 Å². The van der Waals surface area contributed by atoms with E-state index in [9.17, 15) is 4.79 Å². The van der Waals surface area contributed by atoms with Crippen LogP contribution in [0.2, 0.25) is 0 Å². The molecule has 6 N–H and O–H groups in total. The Morgan fingerprint density at radius 3 is 2.68 bits per heavy atom. The smallest absolute Gasteiger partial charge is 0.278 e. The number of anilines is 2. The fourth-order valence-electron chi connectivity index (χ4n) is 2.00.